The number of thiophene rings is 1. The average molecular weight is 497 g/mol. The predicted octanol–water partition coefficient (Wildman–Crippen LogP) is 5.35. The third-order valence-electron chi connectivity index (χ3n) is 5.15. The minimum atomic E-state index is -1.00. The summed E-state index contributed by atoms with van der Waals surface area (Å²) in [5, 5.41) is 9.45. The molecule has 4 amide bonds. The summed E-state index contributed by atoms with van der Waals surface area (Å²) >= 11 is 13.3. The van der Waals surface area contributed by atoms with Crippen LogP contribution in [0.3, 0.4) is 0 Å². The van der Waals surface area contributed by atoms with Crippen LogP contribution in [0, 0.1) is 0 Å². The van der Waals surface area contributed by atoms with Crippen molar-refractivity contribution in [2.24, 2.45) is 0 Å². The van der Waals surface area contributed by atoms with Crippen LogP contribution in [0.25, 0.3) is 0 Å². The zero-order valence-corrected chi connectivity index (χ0v) is 20.9. The smallest absolute Gasteiger partial charge is 0.324 e. The van der Waals surface area contributed by atoms with Gasteiger partial charge in [0.15, 0.2) is 0 Å². The minimum Gasteiger partial charge on any atom is -0.352 e. The molecule has 0 atom stereocenters. The number of nitrogens with zero attached hydrogens (tertiary/aromatic N) is 1. The lowest BCUT2D eigenvalue weighted by molar-refractivity contribution is -0.133. The molecule has 1 fully saturated rings. The summed E-state index contributed by atoms with van der Waals surface area (Å²) in [6, 6.07) is 5.97. The van der Waals surface area contributed by atoms with Gasteiger partial charge in [-0.15, -0.1) is 11.3 Å². The first-order valence-corrected chi connectivity index (χ1v) is 11.6. The highest BCUT2D eigenvalue weighted by Gasteiger charge is 2.42. The van der Waals surface area contributed by atoms with Gasteiger partial charge in [-0.2, -0.15) is 0 Å². The number of rotatable bonds is 3. The zero-order valence-electron chi connectivity index (χ0n) is 18.6. The molecule has 10 heteroatoms. The molecule has 3 rings (SSSR count). The number of anilines is 2. The van der Waals surface area contributed by atoms with Crippen molar-refractivity contribution in [3.05, 3.63) is 44.8 Å². The van der Waals surface area contributed by atoms with Gasteiger partial charge in [-0.05, 0) is 43.5 Å². The molecule has 1 aliphatic rings. The molecule has 7 nitrogen and oxygen atoms in total. The lowest BCUT2D eigenvalue weighted by Gasteiger charge is -2.41. The monoisotopic (exact) mass is 496 g/mol. The van der Waals surface area contributed by atoms with E-state index in [-0.39, 0.29) is 17.2 Å². The Labute approximate surface area is 201 Å². The van der Waals surface area contributed by atoms with Gasteiger partial charge in [-0.25, -0.2) is 4.79 Å². The maximum atomic E-state index is 13.5. The molecule has 1 aromatic carbocycles. The van der Waals surface area contributed by atoms with Crippen LogP contribution in [-0.4, -0.2) is 41.4 Å². The average Bonchev–Trinajstić information content (AvgIpc) is 3.06. The van der Waals surface area contributed by atoms with Crippen LogP contribution in [0.2, 0.25) is 10.0 Å². The number of nitrogens with one attached hydrogen (secondary N) is 3. The van der Waals surface area contributed by atoms with Gasteiger partial charge >= 0.3 is 6.03 Å². The number of piperazine rings is 1. The number of carbonyl (C=O) groups excluding carboxylic acids is 3. The summed E-state index contributed by atoms with van der Waals surface area (Å²) in [5.41, 5.74) is -0.460. The second-order valence-corrected chi connectivity index (χ2v) is 11.0. The summed E-state index contributed by atoms with van der Waals surface area (Å²) < 4.78 is 0. The Balaban J connectivity index is 1.91. The van der Waals surface area contributed by atoms with Crippen molar-refractivity contribution in [2.45, 2.75) is 45.6 Å². The fourth-order valence-corrected chi connectivity index (χ4v) is 4.93. The summed E-state index contributed by atoms with van der Waals surface area (Å²) in [7, 11) is 0. The van der Waals surface area contributed by atoms with Gasteiger partial charge in [0.1, 0.15) is 10.5 Å². The predicted molar refractivity (Wildman–Crippen MR) is 130 cm³/mol. The zero-order chi connectivity index (χ0) is 23.8. The Bertz CT molecular complexity index is 1060. The van der Waals surface area contributed by atoms with E-state index < -0.39 is 11.6 Å². The van der Waals surface area contributed by atoms with Crippen LogP contribution >= 0.6 is 34.5 Å². The van der Waals surface area contributed by atoms with Gasteiger partial charge in [0, 0.05) is 33.7 Å². The first kappa shape index (κ1) is 24.4. The summed E-state index contributed by atoms with van der Waals surface area (Å²) in [6.45, 7) is 10.3. The van der Waals surface area contributed by atoms with Crippen LogP contribution in [0.4, 0.5) is 15.5 Å². The van der Waals surface area contributed by atoms with Gasteiger partial charge in [-0.3, -0.25) is 14.9 Å². The molecule has 3 N–H and O–H groups in total. The van der Waals surface area contributed by atoms with E-state index in [1.54, 1.807) is 43.0 Å². The third-order valence-corrected chi connectivity index (χ3v) is 7.06. The van der Waals surface area contributed by atoms with Gasteiger partial charge in [0.05, 0.1) is 5.56 Å². The van der Waals surface area contributed by atoms with Crippen molar-refractivity contribution in [1.29, 1.82) is 0 Å². The Kier molecular flexibility index (Phi) is 6.79. The lowest BCUT2D eigenvalue weighted by Crippen LogP contribution is -2.63. The number of benzene rings is 1. The first-order valence-electron chi connectivity index (χ1n) is 10.1. The Morgan fingerprint density at radius 2 is 1.72 bits per heavy atom. The standard InChI is InChI=1S/C22H26Cl2N4O3S/c1-21(2,3)16-11-15(18(29)28-7-6-25-19(30)22(28,4)5)17(32-16)27-20(31)26-14-9-12(23)8-13(24)10-14/h8-11H,6-7H2,1-5H3,(H,25,30)(H2,26,27,31). The number of carbonyl (C=O) groups is 3. The van der Waals surface area contributed by atoms with Crippen molar-refractivity contribution >= 4 is 63.1 Å². The van der Waals surface area contributed by atoms with E-state index in [0.717, 1.165) is 4.88 Å². The number of urea groups is 1. The van der Waals surface area contributed by atoms with E-state index in [0.29, 0.717) is 39.4 Å². The topological polar surface area (TPSA) is 90.5 Å². The van der Waals surface area contributed by atoms with Crippen LogP contribution in [0.5, 0.6) is 0 Å². The van der Waals surface area contributed by atoms with E-state index >= 15 is 0 Å². The molecular weight excluding hydrogens is 471 g/mol. The van der Waals surface area contributed by atoms with E-state index in [2.05, 4.69) is 16.0 Å². The molecule has 0 spiro atoms. The van der Waals surface area contributed by atoms with Crippen LogP contribution in [-0.2, 0) is 10.2 Å². The van der Waals surface area contributed by atoms with Crippen LogP contribution in [0.15, 0.2) is 24.3 Å². The van der Waals surface area contributed by atoms with Crippen molar-refractivity contribution in [1.82, 2.24) is 10.2 Å². The maximum Gasteiger partial charge on any atom is 0.324 e. The van der Waals surface area contributed by atoms with Crippen LogP contribution in [0.1, 0.15) is 49.9 Å². The second kappa shape index (κ2) is 8.92. The normalized spacial score (nSPS) is 15.8. The molecule has 1 aliphatic heterocycles. The molecule has 1 aromatic heterocycles. The largest absolute Gasteiger partial charge is 0.352 e. The number of hydrogen-bond acceptors (Lipinski definition) is 4. The lowest BCUT2D eigenvalue weighted by atomic mass is 9.93. The molecule has 1 saturated heterocycles. The molecular formula is C22H26Cl2N4O3S. The Morgan fingerprint density at radius 3 is 2.31 bits per heavy atom. The van der Waals surface area contributed by atoms with Gasteiger partial charge in [0.25, 0.3) is 5.91 Å². The fourth-order valence-electron chi connectivity index (χ4n) is 3.30. The van der Waals surface area contributed by atoms with E-state index in [9.17, 15) is 14.4 Å². The highest BCUT2D eigenvalue weighted by atomic mass is 35.5. The molecule has 172 valence electrons. The van der Waals surface area contributed by atoms with Crippen molar-refractivity contribution in [3.8, 4) is 0 Å². The fraction of sp³-hybridized carbons (Fsp3) is 0.409. The number of hydrogen-bond donors (Lipinski definition) is 3. The van der Waals surface area contributed by atoms with E-state index in [1.165, 1.54) is 11.3 Å². The van der Waals surface area contributed by atoms with Crippen molar-refractivity contribution in [2.75, 3.05) is 23.7 Å². The highest BCUT2D eigenvalue weighted by molar-refractivity contribution is 7.16. The molecule has 0 aliphatic carbocycles. The molecule has 0 bridgehead atoms. The minimum absolute atomic E-state index is 0.214. The van der Waals surface area contributed by atoms with Gasteiger partial charge in [0.2, 0.25) is 5.91 Å². The van der Waals surface area contributed by atoms with Gasteiger partial charge < -0.3 is 15.5 Å². The van der Waals surface area contributed by atoms with Crippen molar-refractivity contribution < 1.29 is 14.4 Å². The molecule has 0 radical (unpaired) electrons. The summed E-state index contributed by atoms with van der Waals surface area (Å²) in [4.78, 5) is 41.0. The summed E-state index contributed by atoms with van der Waals surface area (Å²) in [6.07, 6.45) is 0. The Morgan fingerprint density at radius 1 is 1.09 bits per heavy atom. The van der Waals surface area contributed by atoms with Crippen molar-refractivity contribution in [3.63, 3.8) is 0 Å². The maximum absolute atomic E-state index is 13.5. The SMILES string of the molecule is CC(C)(C)c1cc(C(=O)N2CCNC(=O)C2(C)C)c(NC(=O)Nc2cc(Cl)cc(Cl)c2)s1. The number of amides is 4. The molecule has 32 heavy (non-hydrogen) atoms. The van der Waals surface area contributed by atoms with Gasteiger partial charge in [-0.1, -0.05) is 44.0 Å². The molecule has 0 unspecified atom stereocenters. The molecule has 0 saturated carbocycles. The quantitative estimate of drug-likeness (QED) is 0.534. The molecule has 2 aromatic rings. The van der Waals surface area contributed by atoms with E-state index in [4.69, 9.17) is 23.2 Å². The van der Waals surface area contributed by atoms with E-state index in [1.807, 2.05) is 20.8 Å². The number of halogens is 2. The molecule has 2 heterocycles. The first-order chi connectivity index (χ1) is 14.8. The Hall–Kier alpha value is -2.29. The highest BCUT2D eigenvalue weighted by Crippen LogP contribution is 2.38. The summed E-state index contributed by atoms with van der Waals surface area (Å²) in [5.74, 6) is -0.522. The second-order valence-electron chi connectivity index (χ2n) is 9.11. The van der Waals surface area contributed by atoms with Crippen LogP contribution < -0.4 is 16.0 Å². The third kappa shape index (κ3) is 5.19.